The van der Waals surface area contributed by atoms with Crippen molar-refractivity contribution in [3.63, 3.8) is 0 Å². The average molecular weight is 712 g/mol. The molecule has 0 radical (unpaired) electrons. The molecule has 13 heteroatoms. The van der Waals surface area contributed by atoms with E-state index >= 15 is 0 Å². The zero-order valence-corrected chi connectivity index (χ0v) is 23.3. The van der Waals surface area contributed by atoms with Crippen molar-refractivity contribution in [1.82, 2.24) is 0 Å². The van der Waals surface area contributed by atoms with Crippen LogP contribution >= 0.6 is 24.8 Å². The standard InChI is InChI=1S/C19H25NO6S2.2ClH.H2N.Pt/c1-14-4-8-18(9-5-14)27(21,22)25-12-17(16(3)20)13-26-28(23,24)19-10-6-15(2)7-11-19;;;;/h4-11,16-17H,12-13,20H2,1-3H3;2*1H;1H2;/q;;;-1;+1. The van der Waals surface area contributed by atoms with Crippen molar-refractivity contribution in [1.29, 1.82) is 0 Å². The van der Waals surface area contributed by atoms with Crippen molar-refractivity contribution < 1.29 is 45.3 Å². The second-order valence-corrected chi connectivity index (χ2v) is 9.95. The summed E-state index contributed by atoms with van der Waals surface area (Å²) >= 11 is 1.64. The minimum atomic E-state index is -3.98. The summed E-state index contributed by atoms with van der Waals surface area (Å²) in [6, 6.07) is 11.9. The Morgan fingerprint density at radius 3 is 1.28 bits per heavy atom. The molecule has 2 rings (SSSR count). The Labute approximate surface area is 214 Å². The van der Waals surface area contributed by atoms with Crippen molar-refractivity contribution in [3.8, 4) is 0 Å². The first-order valence-electron chi connectivity index (χ1n) is 8.87. The Morgan fingerprint density at radius 2 is 1.03 bits per heavy atom. The third-order valence-electron chi connectivity index (χ3n) is 4.24. The molecule has 4 N–H and O–H groups in total. The van der Waals surface area contributed by atoms with Gasteiger partial charge in [0.05, 0.1) is 23.0 Å². The van der Waals surface area contributed by atoms with Crippen LogP contribution in [0.1, 0.15) is 18.1 Å². The summed E-state index contributed by atoms with van der Waals surface area (Å²) in [5.41, 5.74) is 7.70. The van der Waals surface area contributed by atoms with Crippen molar-refractivity contribution >= 4 is 45.1 Å². The molecule has 1 unspecified atom stereocenters. The Hall–Kier alpha value is -0.552. The van der Waals surface area contributed by atoms with Crippen molar-refractivity contribution in [2.24, 2.45) is 15.9 Å². The van der Waals surface area contributed by atoms with Gasteiger partial charge in [0.1, 0.15) is 0 Å². The zero-order valence-electron chi connectivity index (χ0n) is 17.7. The van der Waals surface area contributed by atoms with Gasteiger partial charge in [-0.3, -0.25) is 8.37 Å². The summed E-state index contributed by atoms with van der Waals surface area (Å²) < 4.78 is 63.8. The maximum atomic E-state index is 12.3. The first kappa shape index (κ1) is 33.6. The van der Waals surface area contributed by atoms with E-state index in [-0.39, 0.29) is 47.8 Å². The van der Waals surface area contributed by atoms with Gasteiger partial charge in [-0.25, -0.2) is 0 Å². The van der Waals surface area contributed by atoms with E-state index in [0.717, 1.165) is 11.1 Å². The van der Waals surface area contributed by atoms with E-state index in [2.05, 4.69) is 4.29 Å². The quantitative estimate of drug-likeness (QED) is 0.379. The molecule has 32 heavy (non-hydrogen) atoms. The van der Waals surface area contributed by atoms with Crippen LogP contribution in [-0.4, -0.2) is 36.1 Å². The Morgan fingerprint density at radius 1 is 0.750 bits per heavy atom. The molecule has 0 spiro atoms. The molecule has 187 valence electrons. The number of nitrogens with two attached hydrogens (primary N) is 2. The van der Waals surface area contributed by atoms with Crippen LogP contribution < -0.4 is 10.0 Å². The second-order valence-electron chi connectivity index (χ2n) is 6.72. The van der Waals surface area contributed by atoms with E-state index in [0.29, 0.717) is 0 Å². The van der Waals surface area contributed by atoms with Gasteiger partial charge in [-0.2, -0.15) is 16.8 Å². The van der Waals surface area contributed by atoms with Gasteiger partial charge in [0, 0.05) is 12.0 Å². The molecule has 0 aliphatic rings. The summed E-state index contributed by atoms with van der Waals surface area (Å²) in [6.45, 7) is 4.73. The number of halogens is 2. The molecule has 8 nitrogen and oxygen atoms in total. The van der Waals surface area contributed by atoms with Crippen LogP contribution in [0.15, 0.2) is 58.3 Å². The molecule has 0 fully saturated rings. The number of aryl methyl sites for hydroxylation is 2. The van der Waals surface area contributed by atoms with Gasteiger partial charge in [0.2, 0.25) is 0 Å². The Balaban J connectivity index is 0. The minimum absolute atomic E-state index is 0. The van der Waals surface area contributed by atoms with Crippen LogP contribution in [0, 0.1) is 19.8 Å². The first-order valence-corrected chi connectivity index (χ1v) is 13.0. The summed E-state index contributed by atoms with van der Waals surface area (Å²) in [5.74, 6) is -0.638. The summed E-state index contributed by atoms with van der Waals surface area (Å²) in [5, 5.41) is 0. The molecule has 0 saturated heterocycles. The van der Waals surface area contributed by atoms with Gasteiger partial charge in [-0.05, 0) is 45.0 Å². The Bertz CT molecular complexity index is 924. The van der Waals surface area contributed by atoms with Crippen molar-refractivity contribution in [3.05, 3.63) is 59.7 Å². The molecule has 2 aromatic carbocycles. The van der Waals surface area contributed by atoms with Crippen LogP contribution in [0.5, 0.6) is 0 Å². The molecule has 0 aliphatic heterocycles. The summed E-state index contributed by atoms with van der Waals surface area (Å²) in [6.07, 6.45) is 0. The number of hydrogen-bond donors (Lipinski definition) is 2. The van der Waals surface area contributed by atoms with Gasteiger partial charge < -0.3 is 5.73 Å². The van der Waals surface area contributed by atoms with Crippen LogP contribution in [0.3, 0.4) is 0 Å². The number of hydrogen-bond acceptors (Lipinski definition) is 8. The molecular weight excluding hydrogens is 682 g/mol. The van der Waals surface area contributed by atoms with Gasteiger partial charge >= 0.3 is 24.4 Å². The van der Waals surface area contributed by atoms with E-state index in [4.69, 9.17) is 14.1 Å². The van der Waals surface area contributed by atoms with Crippen molar-refractivity contribution in [2.75, 3.05) is 13.2 Å². The summed E-state index contributed by atoms with van der Waals surface area (Å²) in [4.78, 5) is 0.0458. The monoisotopic (exact) mass is 710 g/mol. The molecular formula is C19H29Cl2N2O6PtS2. The van der Waals surface area contributed by atoms with Gasteiger partial charge in [-0.15, -0.1) is 24.8 Å². The maximum absolute atomic E-state index is 12.3. The fourth-order valence-electron chi connectivity index (χ4n) is 2.25. The number of benzene rings is 2. The fraction of sp³-hybridized carbons (Fsp3) is 0.368. The van der Waals surface area contributed by atoms with E-state index < -0.39 is 32.2 Å². The second kappa shape index (κ2) is 15.4. The molecule has 2 aromatic rings. The molecule has 0 heterocycles. The number of rotatable bonds is 9. The predicted molar refractivity (Wildman–Crippen MR) is 124 cm³/mol. The molecule has 0 amide bonds. The predicted octanol–water partition coefficient (Wildman–Crippen LogP) is 2.63. The fourth-order valence-corrected chi connectivity index (χ4v) is 4.17. The van der Waals surface area contributed by atoms with Gasteiger partial charge in [0.25, 0.3) is 20.2 Å². The SMILES string of the molecule is Cc1ccc(S(=O)(=O)OCC(COS(=O)(=O)c2ccc(C)cc2)C(C)N)cc1.Cl.Cl.[NH2][Pt]. The van der Waals surface area contributed by atoms with E-state index in [9.17, 15) is 16.8 Å². The van der Waals surface area contributed by atoms with Gasteiger partial charge in [0.15, 0.2) is 0 Å². The summed E-state index contributed by atoms with van der Waals surface area (Å²) in [7, 11) is -7.95. The normalized spacial score (nSPS) is 12.1. The Kier molecular flexibility index (Phi) is 16.1. The van der Waals surface area contributed by atoms with Crippen LogP contribution in [0.2, 0.25) is 0 Å². The van der Waals surface area contributed by atoms with E-state index in [1.54, 1.807) is 51.3 Å². The van der Waals surface area contributed by atoms with E-state index in [1.165, 1.54) is 24.3 Å². The molecule has 0 aliphatic carbocycles. The van der Waals surface area contributed by atoms with Crippen molar-refractivity contribution in [2.45, 2.75) is 36.6 Å². The molecule has 1 atom stereocenters. The van der Waals surface area contributed by atoms with Crippen LogP contribution in [-0.2, 0) is 48.7 Å². The zero-order chi connectivity index (χ0) is 22.9. The third kappa shape index (κ3) is 10.6. The first-order chi connectivity index (χ1) is 14.0. The molecule has 0 bridgehead atoms. The third-order valence-corrected chi connectivity index (χ3v) is 6.83. The molecule has 0 aromatic heterocycles. The molecule has 0 saturated carbocycles. The van der Waals surface area contributed by atoms with E-state index in [1.807, 2.05) is 13.8 Å². The average Bonchev–Trinajstić information content (AvgIpc) is 2.69. The topological polar surface area (TPSA) is 139 Å². The van der Waals surface area contributed by atoms with Crippen LogP contribution in [0.25, 0.3) is 0 Å². The van der Waals surface area contributed by atoms with Crippen LogP contribution in [0.4, 0.5) is 0 Å². The van der Waals surface area contributed by atoms with Gasteiger partial charge in [-0.1, -0.05) is 35.4 Å².